The molecule has 1 aliphatic carbocycles. The number of halogens is 1. The third kappa shape index (κ3) is 3.24. The molecule has 0 saturated heterocycles. The number of carbonyl (C=O) groups is 1. The highest BCUT2D eigenvalue weighted by atomic mass is 19.1. The van der Waals surface area contributed by atoms with Gasteiger partial charge in [-0.3, -0.25) is 14.9 Å². The van der Waals surface area contributed by atoms with Gasteiger partial charge in [0, 0.05) is 35.1 Å². The number of H-pyrrole nitrogens is 1. The summed E-state index contributed by atoms with van der Waals surface area (Å²) in [6.45, 7) is 4.43. The molecule has 1 fully saturated rings. The van der Waals surface area contributed by atoms with Gasteiger partial charge in [-0.2, -0.15) is 5.10 Å². The van der Waals surface area contributed by atoms with Gasteiger partial charge in [-0.25, -0.2) is 4.39 Å². The molecule has 3 aromatic rings. The number of nitrogens with zero attached hydrogens (tertiary/aromatic N) is 2. The van der Waals surface area contributed by atoms with E-state index >= 15 is 0 Å². The van der Waals surface area contributed by atoms with Crippen LogP contribution in [0.15, 0.2) is 36.5 Å². The zero-order valence-corrected chi connectivity index (χ0v) is 17.0. The van der Waals surface area contributed by atoms with Crippen LogP contribution in [-0.4, -0.2) is 27.7 Å². The molecule has 0 radical (unpaired) electrons. The minimum absolute atomic E-state index is 0.000609. The van der Waals surface area contributed by atoms with Crippen LogP contribution in [0.5, 0.6) is 5.75 Å². The smallest absolute Gasteiger partial charge is 0.225 e. The molecule has 2 aliphatic rings. The second-order valence-electron chi connectivity index (χ2n) is 8.38. The van der Waals surface area contributed by atoms with E-state index in [1.807, 2.05) is 26.0 Å². The number of rotatable bonds is 4. The monoisotopic (exact) mass is 406 g/mol. The number of benzene rings is 1. The lowest BCUT2D eigenvalue weighted by atomic mass is 9.79. The van der Waals surface area contributed by atoms with Crippen LogP contribution in [0.4, 0.5) is 10.1 Å². The van der Waals surface area contributed by atoms with Gasteiger partial charge in [0.2, 0.25) is 5.91 Å². The molecule has 1 saturated carbocycles. The van der Waals surface area contributed by atoms with Crippen LogP contribution < -0.4 is 10.1 Å². The van der Waals surface area contributed by atoms with Gasteiger partial charge in [-0.05, 0) is 50.5 Å². The van der Waals surface area contributed by atoms with Crippen LogP contribution in [0.3, 0.4) is 0 Å². The Labute approximate surface area is 173 Å². The number of hydrogen-bond donors (Lipinski definition) is 2. The summed E-state index contributed by atoms with van der Waals surface area (Å²) in [5.41, 5.74) is 5.22. The van der Waals surface area contributed by atoms with Crippen LogP contribution in [0.25, 0.3) is 11.3 Å². The highest BCUT2D eigenvalue weighted by Gasteiger charge is 2.54. The summed E-state index contributed by atoms with van der Waals surface area (Å²) in [4.78, 5) is 17.3. The van der Waals surface area contributed by atoms with E-state index in [0.717, 1.165) is 41.1 Å². The molecule has 1 unspecified atom stereocenters. The summed E-state index contributed by atoms with van der Waals surface area (Å²) in [6.07, 6.45) is 4.06. The standard InChI is InChI=1S/C23H23FN4O2/c1-13-22(14(2)28-27-13)19-6-4-16(11-25-19)26-21(29)10-18-17-5-3-15(24)9-20(17)30-12-23(18)7-8-23/h3-6,9,11,18H,7-8,10,12H2,1-2H3,(H,26,29)(H,27,28). The fourth-order valence-electron chi connectivity index (χ4n) is 4.49. The highest BCUT2D eigenvalue weighted by molar-refractivity contribution is 5.91. The summed E-state index contributed by atoms with van der Waals surface area (Å²) >= 11 is 0. The quantitative estimate of drug-likeness (QED) is 0.668. The highest BCUT2D eigenvalue weighted by Crippen LogP contribution is 2.61. The third-order valence-corrected chi connectivity index (χ3v) is 6.32. The first-order valence-corrected chi connectivity index (χ1v) is 10.2. The lowest BCUT2D eigenvalue weighted by molar-refractivity contribution is -0.117. The van der Waals surface area contributed by atoms with E-state index in [4.69, 9.17) is 4.74 Å². The Balaban J connectivity index is 1.32. The number of anilines is 1. The summed E-state index contributed by atoms with van der Waals surface area (Å²) in [7, 11) is 0. The summed E-state index contributed by atoms with van der Waals surface area (Å²) in [6, 6.07) is 8.35. The van der Waals surface area contributed by atoms with Gasteiger partial charge in [0.05, 0.1) is 29.9 Å². The lowest BCUT2D eigenvalue weighted by Crippen LogP contribution is -2.30. The van der Waals surface area contributed by atoms with Crippen LogP contribution in [-0.2, 0) is 4.79 Å². The van der Waals surface area contributed by atoms with Crippen molar-refractivity contribution in [2.24, 2.45) is 5.41 Å². The first-order chi connectivity index (χ1) is 14.4. The second-order valence-corrected chi connectivity index (χ2v) is 8.38. The molecule has 1 aromatic carbocycles. The fraction of sp³-hybridized carbons (Fsp3) is 0.348. The molecule has 2 N–H and O–H groups in total. The Hall–Kier alpha value is -3.22. The van der Waals surface area contributed by atoms with Crippen LogP contribution in [0.1, 0.15) is 42.1 Å². The van der Waals surface area contributed by atoms with E-state index < -0.39 is 0 Å². The van der Waals surface area contributed by atoms with E-state index in [1.165, 1.54) is 12.1 Å². The minimum atomic E-state index is -0.321. The molecule has 3 heterocycles. The van der Waals surface area contributed by atoms with Gasteiger partial charge in [0.25, 0.3) is 0 Å². The van der Waals surface area contributed by atoms with Crippen molar-refractivity contribution >= 4 is 11.6 Å². The molecule has 154 valence electrons. The molecule has 1 amide bonds. The minimum Gasteiger partial charge on any atom is -0.493 e. The zero-order chi connectivity index (χ0) is 20.9. The Morgan fingerprint density at radius 3 is 2.80 bits per heavy atom. The number of aromatic amines is 1. The third-order valence-electron chi connectivity index (χ3n) is 6.32. The average Bonchev–Trinajstić information content (AvgIpc) is 3.43. The Kier molecular flexibility index (Phi) is 4.34. The van der Waals surface area contributed by atoms with Crippen molar-refractivity contribution in [1.29, 1.82) is 0 Å². The first kappa shape index (κ1) is 18.8. The van der Waals surface area contributed by atoms with Crippen LogP contribution in [0.2, 0.25) is 0 Å². The Bertz CT molecular complexity index is 1100. The van der Waals surface area contributed by atoms with E-state index in [2.05, 4.69) is 20.5 Å². The Morgan fingerprint density at radius 1 is 1.30 bits per heavy atom. The summed E-state index contributed by atoms with van der Waals surface area (Å²) in [5, 5.41) is 10.1. The van der Waals surface area contributed by atoms with Gasteiger partial charge >= 0.3 is 0 Å². The zero-order valence-electron chi connectivity index (χ0n) is 17.0. The predicted molar refractivity (Wildman–Crippen MR) is 111 cm³/mol. The molecule has 2 aromatic heterocycles. The van der Waals surface area contributed by atoms with Crippen LogP contribution >= 0.6 is 0 Å². The largest absolute Gasteiger partial charge is 0.493 e. The number of fused-ring (bicyclic) bond motifs is 1. The van der Waals surface area contributed by atoms with Crippen LogP contribution in [0, 0.1) is 25.1 Å². The molecule has 1 spiro atoms. The van der Waals surface area contributed by atoms with Gasteiger partial charge in [-0.1, -0.05) is 6.07 Å². The van der Waals surface area contributed by atoms with Gasteiger partial charge in [-0.15, -0.1) is 0 Å². The first-order valence-electron chi connectivity index (χ1n) is 10.2. The number of aromatic nitrogens is 3. The van der Waals surface area contributed by atoms with Crippen molar-refractivity contribution in [1.82, 2.24) is 15.2 Å². The van der Waals surface area contributed by atoms with Gasteiger partial charge in [0.1, 0.15) is 11.6 Å². The molecule has 5 rings (SSSR count). The van der Waals surface area contributed by atoms with E-state index in [0.29, 0.717) is 24.5 Å². The summed E-state index contributed by atoms with van der Waals surface area (Å²) in [5.74, 6) is 0.194. The molecule has 30 heavy (non-hydrogen) atoms. The average molecular weight is 406 g/mol. The summed E-state index contributed by atoms with van der Waals surface area (Å²) < 4.78 is 19.4. The maximum absolute atomic E-state index is 13.6. The Morgan fingerprint density at radius 2 is 2.13 bits per heavy atom. The molecule has 1 atom stereocenters. The maximum Gasteiger partial charge on any atom is 0.225 e. The van der Waals surface area contributed by atoms with E-state index in [9.17, 15) is 9.18 Å². The number of nitrogens with one attached hydrogen (secondary N) is 2. The lowest BCUT2D eigenvalue weighted by Gasteiger charge is -2.33. The molecular formula is C23H23FN4O2. The second kappa shape index (κ2) is 6.93. The SMILES string of the molecule is Cc1n[nH]c(C)c1-c1ccc(NC(=O)CC2c3ccc(F)cc3OCC23CC3)cn1. The number of carbonyl (C=O) groups excluding carboxylic acids is 1. The van der Waals surface area contributed by atoms with E-state index in [1.54, 1.807) is 12.3 Å². The van der Waals surface area contributed by atoms with Gasteiger partial charge in [0.15, 0.2) is 0 Å². The number of amides is 1. The van der Waals surface area contributed by atoms with E-state index in [-0.39, 0.29) is 23.1 Å². The van der Waals surface area contributed by atoms with Crippen molar-refractivity contribution in [3.8, 4) is 17.0 Å². The number of aryl methyl sites for hydroxylation is 2. The van der Waals surface area contributed by atoms with Gasteiger partial charge < -0.3 is 10.1 Å². The van der Waals surface area contributed by atoms with Crippen molar-refractivity contribution < 1.29 is 13.9 Å². The van der Waals surface area contributed by atoms with Crippen molar-refractivity contribution in [2.45, 2.75) is 39.0 Å². The number of hydrogen-bond acceptors (Lipinski definition) is 4. The molecule has 7 heteroatoms. The molecule has 1 aliphatic heterocycles. The maximum atomic E-state index is 13.6. The fourth-order valence-corrected chi connectivity index (χ4v) is 4.49. The van der Waals surface area contributed by atoms with Crippen molar-refractivity contribution in [2.75, 3.05) is 11.9 Å². The molecule has 6 nitrogen and oxygen atoms in total. The van der Waals surface area contributed by atoms with Crippen molar-refractivity contribution in [3.63, 3.8) is 0 Å². The normalized spacial score (nSPS) is 18.6. The van der Waals surface area contributed by atoms with Crippen molar-refractivity contribution in [3.05, 3.63) is 59.3 Å². The predicted octanol–water partition coefficient (Wildman–Crippen LogP) is 4.51. The molecule has 0 bridgehead atoms. The molecular weight excluding hydrogens is 383 g/mol. The number of ether oxygens (including phenoxy) is 1. The number of pyridine rings is 1. The topological polar surface area (TPSA) is 79.9 Å².